The lowest BCUT2D eigenvalue weighted by atomic mass is 10.3. The molecule has 1 aliphatic rings. The molecule has 3 amide bonds. The van der Waals surface area contributed by atoms with Gasteiger partial charge in [0.05, 0.1) is 13.7 Å². The average molecular weight is 330 g/mol. The highest BCUT2D eigenvalue weighted by molar-refractivity contribution is 6.13. The maximum absolute atomic E-state index is 12.3. The number of rotatable bonds is 4. The Morgan fingerprint density at radius 3 is 2.71 bits per heavy atom. The van der Waals surface area contributed by atoms with Gasteiger partial charge in [0.15, 0.2) is 0 Å². The molecule has 8 heteroatoms. The van der Waals surface area contributed by atoms with Gasteiger partial charge in [-0.25, -0.2) is 9.59 Å². The molecule has 2 aromatic heterocycles. The Morgan fingerprint density at radius 2 is 2.04 bits per heavy atom. The van der Waals surface area contributed by atoms with Gasteiger partial charge < -0.3 is 18.9 Å². The summed E-state index contributed by atoms with van der Waals surface area (Å²) in [7, 11) is 1.23. The van der Waals surface area contributed by atoms with Crippen LogP contribution in [0.4, 0.5) is 4.79 Å². The van der Waals surface area contributed by atoms with E-state index in [1.807, 2.05) is 0 Å². The largest absolute Gasteiger partial charge is 0.463 e. The number of furan rings is 2. The lowest BCUT2D eigenvalue weighted by Crippen LogP contribution is -2.30. The molecular formula is C16H14N2O6. The van der Waals surface area contributed by atoms with E-state index in [2.05, 4.69) is 10.1 Å². The number of imide groups is 1. The standard InChI is InChI=1S/C16H14N2O6/c1-9-3-4-10(23-9)7-12-14(19)18(16(21)17-12)8-11-5-6-13(24-11)15(20)22-2/h3-7H,8H2,1-2H3,(H,17,21)/b12-7-. The third-order valence-corrected chi connectivity index (χ3v) is 3.37. The van der Waals surface area contributed by atoms with Crippen LogP contribution < -0.4 is 5.32 Å². The van der Waals surface area contributed by atoms with Crippen molar-refractivity contribution in [3.63, 3.8) is 0 Å². The van der Waals surface area contributed by atoms with Gasteiger partial charge >= 0.3 is 12.0 Å². The van der Waals surface area contributed by atoms with Gasteiger partial charge in [-0.15, -0.1) is 0 Å². The average Bonchev–Trinajstić information content (AvgIpc) is 3.24. The van der Waals surface area contributed by atoms with Crippen molar-refractivity contribution in [2.75, 3.05) is 7.11 Å². The van der Waals surface area contributed by atoms with E-state index in [1.54, 1.807) is 19.1 Å². The SMILES string of the molecule is COC(=O)c1ccc(CN2C(=O)N/C(=C\c3ccc(C)o3)C2=O)o1. The zero-order chi connectivity index (χ0) is 17.3. The van der Waals surface area contributed by atoms with Crippen LogP contribution in [0.1, 0.15) is 27.8 Å². The van der Waals surface area contributed by atoms with Gasteiger partial charge in [0.25, 0.3) is 5.91 Å². The van der Waals surface area contributed by atoms with Gasteiger partial charge in [0.2, 0.25) is 5.76 Å². The first-order valence-corrected chi connectivity index (χ1v) is 7.06. The van der Waals surface area contributed by atoms with Crippen LogP contribution in [0.15, 0.2) is 38.8 Å². The van der Waals surface area contributed by atoms with Gasteiger partial charge in [-0.2, -0.15) is 0 Å². The minimum atomic E-state index is -0.632. The topological polar surface area (TPSA) is 102 Å². The van der Waals surface area contributed by atoms with Gasteiger partial charge in [0.1, 0.15) is 23.0 Å². The number of carbonyl (C=O) groups is 3. The van der Waals surface area contributed by atoms with E-state index in [4.69, 9.17) is 8.83 Å². The number of methoxy groups -OCH3 is 1. The molecule has 0 aliphatic carbocycles. The molecular weight excluding hydrogens is 316 g/mol. The van der Waals surface area contributed by atoms with E-state index in [9.17, 15) is 14.4 Å². The van der Waals surface area contributed by atoms with E-state index in [1.165, 1.54) is 25.3 Å². The molecule has 24 heavy (non-hydrogen) atoms. The molecule has 2 aromatic rings. The Balaban J connectivity index is 1.76. The van der Waals surface area contributed by atoms with Crippen molar-refractivity contribution in [2.24, 2.45) is 0 Å². The molecule has 0 bridgehead atoms. The summed E-state index contributed by atoms with van der Waals surface area (Å²) in [6.07, 6.45) is 1.45. The van der Waals surface area contributed by atoms with Crippen molar-refractivity contribution in [3.8, 4) is 0 Å². The molecule has 0 atom stereocenters. The zero-order valence-electron chi connectivity index (χ0n) is 13.0. The van der Waals surface area contributed by atoms with Crippen LogP contribution in [0.25, 0.3) is 6.08 Å². The summed E-state index contributed by atoms with van der Waals surface area (Å²) in [6.45, 7) is 1.68. The molecule has 0 radical (unpaired) electrons. The Bertz CT molecular complexity index is 844. The summed E-state index contributed by atoms with van der Waals surface area (Å²) in [4.78, 5) is 36.6. The van der Waals surface area contributed by atoms with E-state index < -0.39 is 17.9 Å². The summed E-state index contributed by atoms with van der Waals surface area (Å²) in [5.74, 6) is 0.304. The lowest BCUT2D eigenvalue weighted by molar-refractivity contribution is -0.123. The molecule has 124 valence electrons. The van der Waals surface area contributed by atoms with Crippen LogP contribution in [-0.2, 0) is 16.1 Å². The number of aryl methyl sites for hydroxylation is 1. The number of esters is 1. The molecule has 8 nitrogen and oxygen atoms in total. The normalized spacial score (nSPS) is 15.9. The number of urea groups is 1. The summed E-state index contributed by atoms with van der Waals surface area (Å²) < 4.78 is 15.2. The fourth-order valence-electron chi connectivity index (χ4n) is 2.22. The molecule has 1 aliphatic heterocycles. The summed E-state index contributed by atoms with van der Waals surface area (Å²) in [5, 5.41) is 2.48. The van der Waals surface area contributed by atoms with Crippen molar-refractivity contribution in [1.29, 1.82) is 0 Å². The number of nitrogens with zero attached hydrogens (tertiary/aromatic N) is 1. The fourth-order valence-corrected chi connectivity index (χ4v) is 2.22. The summed E-state index contributed by atoms with van der Waals surface area (Å²) in [6, 6.07) is 5.79. The number of nitrogens with one attached hydrogen (secondary N) is 1. The lowest BCUT2D eigenvalue weighted by Gasteiger charge is -2.09. The molecule has 1 saturated heterocycles. The molecule has 0 unspecified atom stereocenters. The first-order valence-electron chi connectivity index (χ1n) is 7.06. The van der Waals surface area contributed by atoms with Crippen molar-refractivity contribution in [1.82, 2.24) is 10.2 Å². The second-order valence-corrected chi connectivity index (χ2v) is 5.09. The van der Waals surface area contributed by atoms with Crippen LogP contribution in [-0.4, -0.2) is 29.9 Å². The fraction of sp³-hybridized carbons (Fsp3) is 0.188. The van der Waals surface area contributed by atoms with Crippen LogP contribution in [0.5, 0.6) is 0 Å². The van der Waals surface area contributed by atoms with Gasteiger partial charge in [-0.3, -0.25) is 9.69 Å². The van der Waals surface area contributed by atoms with Gasteiger partial charge in [-0.05, 0) is 31.2 Å². The molecule has 1 N–H and O–H groups in total. The van der Waals surface area contributed by atoms with E-state index in [0.717, 1.165) is 4.90 Å². The highest BCUT2D eigenvalue weighted by Gasteiger charge is 2.34. The number of hydrogen-bond acceptors (Lipinski definition) is 6. The van der Waals surface area contributed by atoms with Crippen molar-refractivity contribution >= 4 is 24.0 Å². The summed E-state index contributed by atoms with van der Waals surface area (Å²) >= 11 is 0. The highest BCUT2D eigenvalue weighted by Crippen LogP contribution is 2.19. The van der Waals surface area contributed by atoms with Crippen LogP contribution in [0, 0.1) is 6.92 Å². The highest BCUT2D eigenvalue weighted by atomic mass is 16.5. The maximum atomic E-state index is 12.3. The smallest absolute Gasteiger partial charge is 0.373 e. The monoisotopic (exact) mass is 330 g/mol. The third-order valence-electron chi connectivity index (χ3n) is 3.37. The number of carbonyl (C=O) groups excluding carboxylic acids is 3. The quantitative estimate of drug-likeness (QED) is 0.523. The molecule has 1 fully saturated rings. The molecule has 0 aromatic carbocycles. The first-order chi connectivity index (χ1) is 11.5. The predicted molar refractivity (Wildman–Crippen MR) is 80.6 cm³/mol. The van der Waals surface area contributed by atoms with Crippen molar-refractivity contribution in [3.05, 3.63) is 53.0 Å². The molecule has 3 heterocycles. The predicted octanol–water partition coefficient (Wildman–Crippen LogP) is 2.06. The Hall–Kier alpha value is -3.29. The van der Waals surface area contributed by atoms with Crippen molar-refractivity contribution in [2.45, 2.75) is 13.5 Å². The number of ether oxygens (including phenoxy) is 1. The van der Waals surface area contributed by atoms with E-state index >= 15 is 0 Å². The van der Waals surface area contributed by atoms with Gasteiger partial charge in [0, 0.05) is 6.08 Å². The number of hydrogen-bond donors (Lipinski definition) is 1. The van der Waals surface area contributed by atoms with E-state index in [0.29, 0.717) is 11.5 Å². The minimum absolute atomic E-state index is 0.00128. The first kappa shape index (κ1) is 15.6. The van der Waals surface area contributed by atoms with Crippen LogP contribution in [0.2, 0.25) is 0 Å². The van der Waals surface area contributed by atoms with Crippen LogP contribution >= 0.6 is 0 Å². The Labute approximate surface area is 136 Å². The minimum Gasteiger partial charge on any atom is -0.463 e. The zero-order valence-corrected chi connectivity index (χ0v) is 13.0. The molecule has 0 saturated carbocycles. The molecule has 3 rings (SSSR count). The summed E-state index contributed by atoms with van der Waals surface area (Å²) in [5.41, 5.74) is 0.106. The second-order valence-electron chi connectivity index (χ2n) is 5.09. The Kier molecular flexibility index (Phi) is 3.95. The Morgan fingerprint density at radius 1 is 1.25 bits per heavy atom. The van der Waals surface area contributed by atoms with Crippen LogP contribution in [0.3, 0.4) is 0 Å². The maximum Gasteiger partial charge on any atom is 0.373 e. The van der Waals surface area contributed by atoms with Gasteiger partial charge in [-0.1, -0.05) is 0 Å². The molecule has 0 spiro atoms. The van der Waals surface area contributed by atoms with Crippen molar-refractivity contribution < 1.29 is 28.0 Å². The number of amides is 3. The second kappa shape index (κ2) is 6.07. The van der Waals surface area contributed by atoms with E-state index in [-0.39, 0.29) is 23.8 Å². The third kappa shape index (κ3) is 2.94.